The Bertz CT molecular complexity index is 377. The van der Waals surface area contributed by atoms with Crippen molar-refractivity contribution in [3.05, 3.63) is 29.8 Å². The molecule has 0 bridgehead atoms. The Hall–Kier alpha value is -1.06. The molecule has 0 amide bonds. The molecule has 3 nitrogen and oxygen atoms in total. The van der Waals surface area contributed by atoms with E-state index in [2.05, 4.69) is 6.92 Å². The van der Waals surface area contributed by atoms with E-state index in [1.165, 1.54) is 0 Å². The van der Waals surface area contributed by atoms with Gasteiger partial charge in [0.25, 0.3) is 0 Å². The molecule has 0 saturated heterocycles. The highest BCUT2D eigenvalue weighted by Crippen LogP contribution is 2.36. The van der Waals surface area contributed by atoms with Gasteiger partial charge in [-0.05, 0) is 49.8 Å². The maximum absolute atomic E-state index is 10.7. The summed E-state index contributed by atoms with van der Waals surface area (Å²) < 4.78 is 5.55. The zero-order chi connectivity index (χ0) is 13.0. The summed E-state index contributed by atoms with van der Waals surface area (Å²) >= 11 is 0. The maximum atomic E-state index is 10.7. The topological polar surface area (TPSA) is 55.5 Å². The third-order valence-electron chi connectivity index (χ3n) is 3.63. The summed E-state index contributed by atoms with van der Waals surface area (Å²) in [4.78, 5) is 0. The van der Waals surface area contributed by atoms with Crippen molar-refractivity contribution < 1.29 is 9.84 Å². The minimum absolute atomic E-state index is 0.111. The first-order valence-corrected chi connectivity index (χ1v) is 6.85. The Morgan fingerprint density at radius 3 is 2.72 bits per heavy atom. The van der Waals surface area contributed by atoms with Gasteiger partial charge in [0.1, 0.15) is 5.75 Å². The molecule has 0 radical (unpaired) electrons. The molecule has 0 spiro atoms. The summed E-state index contributed by atoms with van der Waals surface area (Å²) in [7, 11) is 0. The number of hydrogen-bond donors (Lipinski definition) is 2. The van der Waals surface area contributed by atoms with Crippen LogP contribution < -0.4 is 10.5 Å². The van der Waals surface area contributed by atoms with Gasteiger partial charge in [-0.15, -0.1) is 0 Å². The minimum Gasteiger partial charge on any atom is -0.494 e. The molecule has 1 aromatic carbocycles. The molecule has 3 heteroatoms. The summed E-state index contributed by atoms with van der Waals surface area (Å²) in [6.07, 6.45) is 4.46. The van der Waals surface area contributed by atoms with Crippen LogP contribution in [-0.2, 0) is 5.60 Å². The van der Waals surface area contributed by atoms with Gasteiger partial charge in [0.2, 0.25) is 0 Å². The van der Waals surface area contributed by atoms with E-state index in [1.807, 2.05) is 24.3 Å². The number of hydrogen-bond acceptors (Lipinski definition) is 3. The van der Waals surface area contributed by atoms with Crippen LogP contribution in [0.3, 0.4) is 0 Å². The molecule has 1 fully saturated rings. The fraction of sp³-hybridized carbons (Fsp3) is 0.600. The molecule has 0 heterocycles. The molecule has 1 aliphatic rings. The van der Waals surface area contributed by atoms with E-state index < -0.39 is 5.60 Å². The zero-order valence-electron chi connectivity index (χ0n) is 11.1. The summed E-state index contributed by atoms with van der Waals surface area (Å²) in [6, 6.07) is 7.90. The highest BCUT2D eigenvalue weighted by molar-refractivity contribution is 5.31. The van der Waals surface area contributed by atoms with Gasteiger partial charge >= 0.3 is 0 Å². The van der Waals surface area contributed by atoms with Crippen molar-refractivity contribution >= 4 is 0 Å². The Kier molecular flexibility index (Phi) is 4.25. The Balaban J connectivity index is 2.08. The van der Waals surface area contributed by atoms with Gasteiger partial charge in [-0.2, -0.15) is 0 Å². The molecule has 18 heavy (non-hydrogen) atoms. The number of nitrogens with two attached hydrogens (primary N) is 1. The van der Waals surface area contributed by atoms with Gasteiger partial charge in [0, 0.05) is 6.04 Å². The lowest BCUT2D eigenvalue weighted by Gasteiger charge is -2.35. The van der Waals surface area contributed by atoms with Gasteiger partial charge < -0.3 is 15.6 Å². The Morgan fingerprint density at radius 1 is 1.39 bits per heavy atom. The second-order valence-corrected chi connectivity index (χ2v) is 5.26. The van der Waals surface area contributed by atoms with E-state index in [9.17, 15) is 5.11 Å². The van der Waals surface area contributed by atoms with Crippen molar-refractivity contribution in [2.24, 2.45) is 5.73 Å². The lowest BCUT2D eigenvalue weighted by Crippen LogP contribution is -2.39. The smallest absolute Gasteiger partial charge is 0.119 e. The minimum atomic E-state index is -0.749. The molecule has 0 aliphatic heterocycles. The summed E-state index contributed by atoms with van der Waals surface area (Å²) in [6.45, 7) is 2.81. The summed E-state index contributed by atoms with van der Waals surface area (Å²) in [5.74, 6) is 0.865. The van der Waals surface area contributed by atoms with Crippen molar-refractivity contribution in [3.63, 3.8) is 0 Å². The van der Waals surface area contributed by atoms with Crippen LogP contribution in [0.1, 0.15) is 44.6 Å². The lowest BCUT2D eigenvalue weighted by atomic mass is 9.77. The van der Waals surface area contributed by atoms with E-state index in [-0.39, 0.29) is 6.04 Å². The van der Waals surface area contributed by atoms with Crippen molar-refractivity contribution in [1.82, 2.24) is 0 Å². The third-order valence-corrected chi connectivity index (χ3v) is 3.63. The molecule has 2 atom stereocenters. The van der Waals surface area contributed by atoms with Crippen LogP contribution in [0.25, 0.3) is 0 Å². The molecule has 1 aromatic rings. The van der Waals surface area contributed by atoms with Gasteiger partial charge in [-0.3, -0.25) is 0 Å². The molecule has 100 valence electrons. The first-order valence-electron chi connectivity index (χ1n) is 6.85. The van der Waals surface area contributed by atoms with Crippen LogP contribution in [0.15, 0.2) is 24.3 Å². The van der Waals surface area contributed by atoms with Crippen molar-refractivity contribution in [1.29, 1.82) is 0 Å². The molecule has 3 N–H and O–H groups in total. The van der Waals surface area contributed by atoms with Crippen LogP contribution in [0.4, 0.5) is 0 Å². The summed E-state index contributed by atoms with van der Waals surface area (Å²) in [5, 5.41) is 10.7. The van der Waals surface area contributed by atoms with Crippen LogP contribution in [0.5, 0.6) is 5.75 Å². The standard InChI is InChI=1S/C15H23NO2/c1-2-10-18-14-7-5-12(6-8-14)15(17)9-3-4-13(16)11-15/h5-8,13,17H,2-4,9-11,16H2,1H3. The van der Waals surface area contributed by atoms with Gasteiger partial charge in [0.05, 0.1) is 12.2 Å². The summed E-state index contributed by atoms with van der Waals surface area (Å²) in [5.41, 5.74) is 6.17. The fourth-order valence-corrected chi connectivity index (χ4v) is 2.64. The highest BCUT2D eigenvalue weighted by Gasteiger charge is 2.34. The zero-order valence-corrected chi connectivity index (χ0v) is 11.1. The first kappa shape index (κ1) is 13.4. The monoisotopic (exact) mass is 249 g/mol. The number of rotatable bonds is 4. The van der Waals surface area contributed by atoms with E-state index >= 15 is 0 Å². The second kappa shape index (κ2) is 5.72. The van der Waals surface area contributed by atoms with E-state index in [0.717, 1.165) is 43.6 Å². The van der Waals surface area contributed by atoms with Crippen molar-refractivity contribution in [3.8, 4) is 5.75 Å². The SMILES string of the molecule is CCCOc1ccc(C2(O)CCCC(N)C2)cc1. The Labute approximate surface area is 109 Å². The number of ether oxygens (including phenoxy) is 1. The third kappa shape index (κ3) is 3.03. The molecular weight excluding hydrogens is 226 g/mol. The van der Waals surface area contributed by atoms with E-state index in [0.29, 0.717) is 6.42 Å². The van der Waals surface area contributed by atoms with E-state index in [4.69, 9.17) is 10.5 Å². The molecule has 1 saturated carbocycles. The van der Waals surface area contributed by atoms with Crippen LogP contribution in [0.2, 0.25) is 0 Å². The second-order valence-electron chi connectivity index (χ2n) is 5.26. The highest BCUT2D eigenvalue weighted by atomic mass is 16.5. The average Bonchev–Trinajstić information content (AvgIpc) is 2.36. The molecule has 0 aromatic heterocycles. The maximum Gasteiger partial charge on any atom is 0.119 e. The quantitative estimate of drug-likeness (QED) is 0.862. The molecule has 2 unspecified atom stereocenters. The first-order chi connectivity index (χ1) is 8.64. The molecule has 2 rings (SSSR count). The normalized spacial score (nSPS) is 28.1. The van der Waals surface area contributed by atoms with Gasteiger partial charge in [-0.1, -0.05) is 19.1 Å². The van der Waals surface area contributed by atoms with Gasteiger partial charge in [-0.25, -0.2) is 0 Å². The predicted octanol–water partition coefficient (Wildman–Crippen LogP) is 2.56. The predicted molar refractivity (Wildman–Crippen MR) is 72.6 cm³/mol. The van der Waals surface area contributed by atoms with Crippen molar-refractivity contribution in [2.45, 2.75) is 50.7 Å². The largest absolute Gasteiger partial charge is 0.494 e. The number of aliphatic hydroxyl groups is 1. The van der Waals surface area contributed by atoms with Crippen LogP contribution in [0, 0.1) is 0 Å². The average molecular weight is 249 g/mol. The van der Waals surface area contributed by atoms with Crippen molar-refractivity contribution in [2.75, 3.05) is 6.61 Å². The van der Waals surface area contributed by atoms with Crippen LogP contribution in [-0.4, -0.2) is 17.8 Å². The lowest BCUT2D eigenvalue weighted by molar-refractivity contribution is -0.00719. The molecule has 1 aliphatic carbocycles. The molecular formula is C15H23NO2. The van der Waals surface area contributed by atoms with Crippen LogP contribution >= 0.6 is 0 Å². The van der Waals surface area contributed by atoms with Gasteiger partial charge in [0.15, 0.2) is 0 Å². The number of benzene rings is 1. The van der Waals surface area contributed by atoms with E-state index in [1.54, 1.807) is 0 Å². The Morgan fingerprint density at radius 2 is 2.11 bits per heavy atom. The fourth-order valence-electron chi connectivity index (χ4n) is 2.64.